The maximum Gasteiger partial charge on any atom is 0.253 e. The van der Waals surface area contributed by atoms with Gasteiger partial charge in [0.2, 0.25) is 10.0 Å². The summed E-state index contributed by atoms with van der Waals surface area (Å²) in [5.74, 6) is -0.155. The summed E-state index contributed by atoms with van der Waals surface area (Å²) < 4.78 is 27.5. The van der Waals surface area contributed by atoms with Crippen molar-refractivity contribution in [2.45, 2.75) is 4.90 Å². The molecule has 3 aromatic carbocycles. The number of hydrogen-bond acceptors (Lipinski definition) is 4. The first-order chi connectivity index (χ1) is 14.0. The van der Waals surface area contributed by atoms with Crippen LogP contribution in [-0.4, -0.2) is 49.7 Å². The van der Waals surface area contributed by atoms with Crippen molar-refractivity contribution in [2.75, 3.05) is 26.2 Å². The number of rotatable bonds is 3. The number of piperazine rings is 1. The Labute approximate surface area is 169 Å². The van der Waals surface area contributed by atoms with Gasteiger partial charge >= 0.3 is 0 Å². The van der Waals surface area contributed by atoms with Gasteiger partial charge in [0.05, 0.1) is 16.5 Å². The standard InChI is InChI=1S/C22H19N3O3S/c23-16-17-5-7-19(8-6-17)22(26)24-11-13-25(14-12-24)29(27,28)21-10-9-18-3-1-2-4-20(18)15-21/h1-10,15H,11-14H2. The molecule has 0 saturated carbocycles. The van der Waals surface area contributed by atoms with Crippen molar-refractivity contribution in [3.8, 4) is 6.07 Å². The van der Waals surface area contributed by atoms with Gasteiger partial charge in [0.15, 0.2) is 0 Å². The monoisotopic (exact) mass is 405 g/mol. The first-order valence-corrected chi connectivity index (χ1v) is 10.7. The lowest BCUT2D eigenvalue weighted by Crippen LogP contribution is -2.50. The van der Waals surface area contributed by atoms with Crippen LogP contribution < -0.4 is 0 Å². The maximum absolute atomic E-state index is 13.0. The number of sulfonamides is 1. The van der Waals surface area contributed by atoms with Crippen LogP contribution in [0.4, 0.5) is 0 Å². The van der Waals surface area contributed by atoms with Gasteiger partial charge in [-0.05, 0) is 47.2 Å². The molecule has 146 valence electrons. The van der Waals surface area contributed by atoms with Crippen LogP contribution in [0.25, 0.3) is 10.8 Å². The zero-order chi connectivity index (χ0) is 20.4. The molecule has 29 heavy (non-hydrogen) atoms. The largest absolute Gasteiger partial charge is 0.336 e. The van der Waals surface area contributed by atoms with Crippen LogP contribution in [0.5, 0.6) is 0 Å². The summed E-state index contributed by atoms with van der Waals surface area (Å²) in [7, 11) is -3.62. The molecule has 3 aromatic rings. The smallest absolute Gasteiger partial charge is 0.253 e. The molecule has 1 fully saturated rings. The number of nitriles is 1. The predicted octanol–water partition coefficient (Wildman–Crippen LogP) is 2.86. The molecule has 0 aromatic heterocycles. The molecule has 4 rings (SSSR count). The van der Waals surface area contributed by atoms with Crippen LogP contribution in [0.2, 0.25) is 0 Å². The Morgan fingerprint density at radius 2 is 1.52 bits per heavy atom. The Morgan fingerprint density at radius 1 is 0.862 bits per heavy atom. The van der Waals surface area contributed by atoms with Gasteiger partial charge in [-0.2, -0.15) is 9.57 Å². The molecule has 7 heteroatoms. The summed E-state index contributed by atoms with van der Waals surface area (Å²) in [6, 6.07) is 21.3. The minimum atomic E-state index is -3.62. The van der Waals surface area contributed by atoms with E-state index >= 15 is 0 Å². The molecule has 0 radical (unpaired) electrons. The topological polar surface area (TPSA) is 81.5 Å². The van der Waals surface area contributed by atoms with Crippen molar-refractivity contribution >= 4 is 26.7 Å². The highest BCUT2D eigenvalue weighted by Gasteiger charge is 2.30. The summed E-state index contributed by atoms with van der Waals surface area (Å²) in [5.41, 5.74) is 0.989. The van der Waals surface area contributed by atoms with Crippen LogP contribution in [-0.2, 0) is 10.0 Å². The Bertz CT molecular complexity index is 1210. The van der Waals surface area contributed by atoms with E-state index in [1.54, 1.807) is 41.3 Å². The van der Waals surface area contributed by atoms with E-state index in [9.17, 15) is 13.2 Å². The average Bonchev–Trinajstić information content (AvgIpc) is 2.78. The first kappa shape index (κ1) is 19.1. The normalized spacial score (nSPS) is 15.2. The fourth-order valence-electron chi connectivity index (χ4n) is 3.48. The van der Waals surface area contributed by atoms with Crippen molar-refractivity contribution < 1.29 is 13.2 Å². The van der Waals surface area contributed by atoms with Gasteiger partial charge < -0.3 is 4.90 Å². The van der Waals surface area contributed by atoms with Crippen molar-refractivity contribution in [1.29, 1.82) is 5.26 Å². The van der Waals surface area contributed by atoms with E-state index in [1.165, 1.54) is 4.31 Å². The van der Waals surface area contributed by atoms with E-state index < -0.39 is 10.0 Å². The van der Waals surface area contributed by atoms with Gasteiger partial charge in [0, 0.05) is 31.7 Å². The van der Waals surface area contributed by atoms with Crippen LogP contribution in [0, 0.1) is 11.3 Å². The zero-order valence-corrected chi connectivity index (χ0v) is 16.5. The van der Waals surface area contributed by atoms with Crippen molar-refractivity contribution in [1.82, 2.24) is 9.21 Å². The molecule has 0 spiro atoms. The Balaban J connectivity index is 1.47. The molecule has 1 saturated heterocycles. The third-order valence-electron chi connectivity index (χ3n) is 5.15. The van der Waals surface area contributed by atoms with E-state index in [0.29, 0.717) is 24.2 Å². The molecule has 0 aliphatic carbocycles. The van der Waals surface area contributed by atoms with Crippen molar-refractivity contribution in [3.05, 3.63) is 77.9 Å². The summed E-state index contributed by atoms with van der Waals surface area (Å²) in [6.07, 6.45) is 0. The number of nitrogens with zero attached hydrogens (tertiary/aromatic N) is 3. The molecular weight excluding hydrogens is 386 g/mol. The summed E-state index contributed by atoms with van der Waals surface area (Å²) in [5, 5.41) is 10.7. The molecule has 0 N–H and O–H groups in total. The lowest BCUT2D eigenvalue weighted by atomic mass is 10.1. The molecule has 6 nitrogen and oxygen atoms in total. The number of carbonyl (C=O) groups excluding carboxylic acids is 1. The van der Waals surface area contributed by atoms with E-state index in [0.717, 1.165) is 10.8 Å². The van der Waals surface area contributed by atoms with Gasteiger partial charge in [0.25, 0.3) is 5.91 Å². The second-order valence-corrected chi connectivity index (χ2v) is 8.83. The molecule has 1 heterocycles. The van der Waals surface area contributed by atoms with Crippen LogP contribution in [0.1, 0.15) is 15.9 Å². The summed E-state index contributed by atoms with van der Waals surface area (Å²) >= 11 is 0. The summed E-state index contributed by atoms with van der Waals surface area (Å²) in [6.45, 7) is 1.14. The Hall–Kier alpha value is -3.21. The fraction of sp³-hybridized carbons (Fsp3) is 0.182. The molecule has 1 aliphatic heterocycles. The Morgan fingerprint density at radius 3 is 2.17 bits per heavy atom. The highest BCUT2D eigenvalue weighted by molar-refractivity contribution is 7.89. The number of amides is 1. The van der Waals surface area contributed by atoms with Gasteiger partial charge in [-0.15, -0.1) is 0 Å². The van der Waals surface area contributed by atoms with Gasteiger partial charge in [-0.3, -0.25) is 4.79 Å². The molecule has 1 aliphatic rings. The van der Waals surface area contributed by atoms with Crippen molar-refractivity contribution in [2.24, 2.45) is 0 Å². The van der Waals surface area contributed by atoms with E-state index in [4.69, 9.17) is 5.26 Å². The van der Waals surface area contributed by atoms with E-state index in [2.05, 4.69) is 0 Å². The van der Waals surface area contributed by atoms with E-state index in [1.807, 2.05) is 36.4 Å². The second kappa shape index (κ2) is 7.66. The van der Waals surface area contributed by atoms with E-state index in [-0.39, 0.29) is 23.9 Å². The number of carbonyl (C=O) groups is 1. The maximum atomic E-state index is 13.0. The lowest BCUT2D eigenvalue weighted by molar-refractivity contribution is 0.0698. The molecule has 0 atom stereocenters. The van der Waals surface area contributed by atoms with Gasteiger partial charge in [-0.1, -0.05) is 30.3 Å². The molecule has 1 amide bonds. The van der Waals surface area contributed by atoms with Gasteiger partial charge in [0.1, 0.15) is 0 Å². The van der Waals surface area contributed by atoms with Crippen LogP contribution in [0.3, 0.4) is 0 Å². The lowest BCUT2D eigenvalue weighted by Gasteiger charge is -2.34. The fourth-order valence-corrected chi connectivity index (χ4v) is 4.94. The van der Waals surface area contributed by atoms with Gasteiger partial charge in [-0.25, -0.2) is 8.42 Å². The number of fused-ring (bicyclic) bond motifs is 1. The first-order valence-electron chi connectivity index (χ1n) is 9.27. The number of benzene rings is 3. The second-order valence-electron chi connectivity index (χ2n) is 6.89. The van der Waals surface area contributed by atoms with Crippen LogP contribution in [0.15, 0.2) is 71.6 Å². The third kappa shape index (κ3) is 3.73. The molecule has 0 unspecified atom stereocenters. The molecular formula is C22H19N3O3S. The predicted molar refractivity (Wildman–Crippen MR) is 110 cm³/mol. The average molecular weight is 405 g/mol. The third-order valence-corrected chi connectivity index (χ3v) is 7.04. The SMILES string of the molecule is N#Cc1ccc(C(=O)N2CCN(S(=O)(=O)c3ccc4ccccc4c3)CC2)cc1. The highest BCUT2D eigenvalue weighted by atomic mass is 32.2. The minimum absolute atomic E-state index is 0.155. The quantitative estimate of drug-likeness (QED) is 0.671. The highest BCUT2D eigenvalue weighted by Crippen LogP contribution is 2.23. The Kier molecular flexibility index (Phi) is 5.05. The van der Waals surface area contributed by atoms with Crippen molar-refractivity contribution in [3.63, 3.8) is 0 Å². The minimum Gasteiger partial charge on any atom is -0.336 e. The van der Waals surface area contributed by atoms with Crippen LogP contribution >= 0.6 is 0 Å². The number of hydrogen-bond donors (Lipinski definition) is 0. The summed E-state index contributed by atoms with van der Waals surface area (Å²) in [4.78, 5) is 14.6. The molecule has 0 bridgehead atoms. The zero-order valence-electron chi connectivity index (χ0n) is 15.7.